The zero-order chi connectivity index (χ0) is 31.6. The summed E-state index contributed by atoms with van der Waals surface area (Å²) in [6.45, 7) is 9.74. The number of hydrogen-bond acceptors (Lipinski definition) is 5. The van der Waals surface area contributed by atoms with E-state index in [2.05, 4.69) is 28.9 Å². The van der Waals surface area contributed by atoms with Crippen LogP contribution in [-0.2, 0) is 24.2 Å². The topological polar surface area (TPSA) is 71.9 Å². The fraction of sp³-hybridized carbons (Fsp3) is 0.514. The van der Waals surface area contributed by atoms with Gasteiger partial charge < -0.3 is 14.6 Å². The van der Waals surface area contributed by atoms with Gasteiger partial charge in [0, 0.05) is 24.2 Å². The van der Waals surface area contributed by atoms with E-state index < -0.39 is 11.9 Å². The molecular weight excluding hydrogens is 555 g/mol. The number of hydrogen-bond donors (Lipinski definition) is 1. The minimum Gasteiger partial charge on any atom is -0.485 e. The molecule has 1 aromatic heterocycles. The minimum atomic E-state index is -0.801. The van der Waals surface area contributed by atoms with Crippen LogP contribution in [0.25, 0.3) is 11.1 Å². The molecule has 44 heavy (non-hydrogen) atoms. The summed E-state index contributed by atoms with van der Waals surface area (Å²) < 4.78 is 26.8. The molecular formula is C37H49FN2O4. The number of carboxylic acid groups (broad SMARTS) is 1. The number of nitrogens with zero attached hydrogens (tertiary/aromatic N) is 2. The van der Waals surface area contributed by atoms with E-state index in [0.29, 0.717) is 23.9 Å². The Kier molecular flexibility index (Phi) is 12.2. The highest BCUT2D eigenvalue weighted by atomic mass is 19.1. The SMILES string of the molecule is C1CC1.CC.COc1cc(-c2ccc([C@@H]3CCc4ccc(CC(C)C(=O)O)cc4O3)cc2CN2CCCCC2C)c(F)cn1. The molecule has 0 amide bonds. The largest absolute Gasteiger partial charge is 0.485 e. The van der Waals surface area contributed by atoms with E-state index in [4.69, 9.17) is 9.47 Å². The van der Waals surface area contributed by atoms with Gasteiger partial charge in [-0.15, -0.1) is 0 Å². The van der Waals surface area contributed by atoms with Crippen molar-refractivity contribution in [1.82, 2.24) is 9.88 Å². The van der Waals surface area contributed by atoms with Crippen molar-refractivity contribution in [2.24, 2.45) is 5.92 Å². The number of piperidine rings is 1. The molecule has 7 heteroatoms. The molecule has 3 heterocycles. The van der Waals surface area contributed by atoms with Crippen molar-refractivity contribution in [3.63, 3.8) is 0 Å². The number of carboxylic acids is 1. The fourth-order valence-corrected chi connectivity index (χ4v) is 5.77. The van der Waals surface area contributed by atoms with Crippen molar-refractivity contribution >= 4 is 5.97 Å². The van der Waals surface area contributed by atoms with Gasteiger partial charge in [0.05, 0.1) is 19.2 Å². The van der Waals surface area contributed by atoms with Gasteiger partial charge in [-0.25, -0.2) is 9.37 Å². The number of benzene rings is 2. The Bertz CT molecular complexity index is 1390. The number of likely N-dealkylation sites (tertiary alicyclic amines) is 1. The first-order valence-corrected chi connectivity index (χ1v) is 16.4. The molecule has 2 aliphatic heterocycles. The Morgan fingerprint density at radius 1 is 1.07 bits per heavy atom. The molecule has 0 spiro atoms. The lowest BCUT2D eigenvalue weighted by molar-refractivity contribution is -0.141. The number of methoxy groups -OCH3 is 1. The molecule has 2 unspecified atom stereocenters. The van der Waals surface area contributed by atoms with E-state index in [1.807, 2.05) is 38.1 Å². The molecule has 1 saturated heterocycles. The number of fused-ring (bicyclic) bond motifs is 1. The van der Waals surface area contributed by atoms with Crippen LogP contribution in [0, 0.1) is 11.7 Å². The van der Waals surface area contributed by atoms with E-state index in [-0.39, 0.29) is 11.9 Å². The summed E-state index contributed by atoms with van der Waals surface area (Å²) in [5.41, 5.74) is 5.56. The molecule has 2 aromatic carbocycles. The third-order valence-corrected chi connectivity index (χ3v) is 8.54. The molecule has 6 nitrogen and oxygen atoms in total. The Morgan fingerprint density at radius 3 is 2.52 bits per heavy atom. The van der Waals surface area contributed by atoms with Crippen molar-refractivity contribution in [3.8, 4) is 22.8 Å². The maximum atomic E-state index is 15.0. The predicted octanol–water partition coefficient (Wildman–Crippen LogP) is 8.80. The summed E-state index contributed by atoms with van der Waals surface area (Å²) in [6.07, 6.45) is 11.3. The van der Waals surface area contributed by atoms with Crippen LogP contribution >= 0.6 is 0 Å². The number of halogens is 1. The second kappa shape index (κ2) is 16.0. The Hall–Kier alpha value is -3.45. The third-order valence-electron chi connectivity index (χ3n) is 8.54. The van der Waals surface area contributed by atoms with Crippen molar-refractivity contribution in [2.45, 2.75) is 104 Å². The summed E-state index contributed by atoms with van der Waals surface area (Å²) in [5.74, 6) is -0.427. The van der Waals surface area contributed by atoms with Crippen LogP contribution in [0.3, 0.4) is 0 Å². The number of aliphatic carboxylic acids is 1. The first-order chi connectivity index (χ1) is 21.3. The van der Waals surface area contributed by atoms with Crippen molar-refractivity contribution < 1.29 is 23.8 Å². The van der Waals surface area contributed by atoms with Gasteiger partial charge in [0.25, 0.3) is 0 Å². The second-order valence-electron chi connectivity index (χ2n) is 12.0. The average Bonchev–Trinajstić information content (AvgIpc) is 3.93. The number of aryl methyl sites for hydroxylation is 1. The first kappa shape index (κ1) is 33.4. The van der Waals surface area contributed by atoms with Crippen LogP contribution in [-0.4, -0.2) is 40.7 Å². The van der Waals surface area contributed by atoms with Gasteiger partial charge in [-0.05, 0) is 79.5 Å². The normalized spacial score (nSPS) is 19.6. The highest BCUT2D eigenvalue weighted by Crippen LogP contribution is 2.38. The predicted molar refractivity (Wildman–Crippen MR) is 174 cm³/mol. The fourth-order valence-electron chi connectivity index (χ4n) is 5.77. The van der Waals surface area contributed by atoms with E-state index in [9.17, 15) is 9.90 Å². The van der Waals surface area contributed by atoms with E-state index in [1.54, 1.807) is 13.0 Å². The number of pyridine rings is 1. The number of aromatic nitrogens is 1. The van der Waals surface area contributed by atoms with Gasteiger partial charge >= 0.3 is 5.97 Å². The second-order valence-corrected chi connectivity index (χ2v) is 12.0. The van der Waals surface area contributed by atoms with Crippen LogP contribution in [0.1, 0.15) is 101 Å². The molecule has 3 atom stereocenters. The lowest BCUT2D eigenvalue weighted by Crippen LogP contribution is -2.36. The molecule has 3 aromatic rings. The number of rotatable bonds is 8. The molecule has 1 N–H and O–H groups in total. The van der Waals surface area contributed by atoms with E-state index in [0.717, 1.165) is 65.9 Å². The summed E-state index contributed by atoms with van der Waals surface area (Å²) >= 11 is 0. The summed E-state index contributed by atoms with van der Waals surface area (Å²) in [7, 11) is 1.54. The summed E-state index contributed by atoms with van der Waals surface area (Å²) in [5, 5.41) is 9.31. The maximum Gasteiger partial charge on any atom is 0.306 e. The van der Waals surface area contributed by atoms with Crippen LogP contribution in [0.2, 0.25) is 0 Å². The van der Waals surface area contributed by atoms with Gasteiger partial charge in [-0.3, -0.25) is 9.69 Å². The number of carbonyl (C=O) groups is 1. The molecule has 3 aliphatic rings. The molecule has 0 bridgehead atoms. The van der Waals surface area contributed by atoms with Crippen LogP contribution in [0.5, 0.6) is 11.6 Å². The molecule has 1 saturated carbocycles. The lowest BCUT2D eigenvalue weighted by atomic mass is 9.91. The zero-order valence-electron chi connectivity index (χ0n) is 27.1. The van der Waals surface area contributed by atoms with Gasteiger partial charge in [0.2, 0.25) is 5.88 Å². The monoisotopic (exact) mass is 604 g/mol. The van der Waals surface area contributed by atoms with Crippen molar-refractivity contribution in [2.75, 3.05) is 13.7 Å². The van der Waals surface area contributed by atoms with Gasteiger partial charge in [-0.1, -0.05) is 76.8 Å². The van der Waals surface area contributed by atoms with E-state index in [1.165, 1.54) is 45.4 Å². The molecule has 2 fully saturated rings. The van der Waals surface area contributed by atoms with Crippen molar-refractivity contribution in [3.05, 3.63) is 76.7 Å². The van der Waals surface area contributed by atoms with Crippen molar-refractivity contribution in [1.29, 1.82) is 0 Å². The molecule has 0 radical (unpaired) electrons. The summed E-state index contributed by atoms with van der Waals surface area (Å²) in [4.78, 5) is 17.9. The van der Waals surface area contributed by atoms with Gasteiger partial charge in [0.15, 0.2) is 0 Å². The third kappa shape index (κ3) is 8.81. The quantitative estimate of drug-likeness (QED) is 0.277. The maximum absolute atomic E-state index is 15.0. The van der Waals surface area contributed by atoms with Crippen LogP contribution in [0.4, 0.5) is 4.39 Å². The van der Waals surface area contributed by atoms with Crippen LogP contribution < -0.4 is 9.47 Å². The number of ether oxygens (including phenoxy) is 2. The Balaban J connectivity index is 0.000000818. The molecule has 6 rings (SSSR count). The minimum absolute atomic E-state index is 0.131. The zero-order valence-corrected chi connectivity index (χ0v) is 27.1. The Labute approximate surface area is 262 Å². The van der Waals surface area contributed by atoms with Gasteiger partial charge in [0.1, 0.15) is 17.7 Å². The lowest BCUT2D eigenvalue weighted by Gasteiger charge is -2.34. The summed E-state index contributed by atoms with van der Waals surface area (Å²) in [6, 6.07) is 14.4. The van der Waals surface area contributed by atoms with E-state index >= 15 is 4.39 Å². The van der Waals surface area contributed by atoms with Crippen LogP contribution in [0.15, 0.2) is 48.7 Å². The standard InChI is InChI=1S/C32H37FN2O4.C3H6.C2H6/c1-20(32(36)37)14-22-7-8-23-10-12-29(39-30(23)15-22)24-9-11-26(27-17-31(38-3)34-18-28(27)33)25(16-24)19-35-13-5-4-6-21(35)2;1-2-3-1;1-2/h7-9,11,15-18,20-21,29H,4-6,10,12-14,19H2,1-3H3,(H,36,37);1-3H2;1-2H3/t20?,21?,29-;;/m0../s1. The smallest absolute Gasteiger partial charge is 0.306 e. The van der Waals surface area contributed by atoms with Gasteiger partial charge in [-0.2, -0.15) is 0 Å². The molecule has 238 valence electrons. The average molecular weight is 605 g/mol. The Morgan fingerprint density at radius 2 is 1.84 bits per heavy atom. The first-order valence-electron chi connectivity index (χ1n) is 16.4. The molecule has 1 aliphatic carbocycles. The highest BCUT2D eigenvalue weighted by Gasteiger charge is 2.26. The highest BCUT2D eigenvalue weighted by molar-refractivity contribution is 5.70.